The molecule has 0 saturated carbocycles. The van der Waals surface area contributed by atoms with Crippen molar-refractivity contribution in [2.24, 2.45) is 10.5 Å². The van der Waals surface area contributed by atoms with Crippen LogP contribution in [0, 0.1) is 5.41 Å². The summed E-state index contributed by atoms with van der Waals surface area (Å²) in [6.45, 7) is 16.6. The van der Waals surface area contributed by atoms with E-state index < -0.39 is 29.1 Å². The molecule has 13 nitrogen and oxygen atoms in total. The van der Waals surface area contributed by atoms with Gasteiger partial charge in [0, 0.05) is 80.0 Å². The number of cyclic esters (lactones) is 1. The third-order valence-electron chi connectivity index (χ3n) is 12.6. The minimum Gasteiger partial charge on any atom is -0.461 e. The van der Waals surface area contributed by atoms with Crippen LogP contribution in [0.1, 0.15) is 94.8 Å². The van der Waals surface area contributed by atoms with E-state index in [0.717, 1.165) is 77.9 Å². The van der Waals surface area contributed by atoms with Gasteiger partial charge in [0.25, 0.3) is 0 Å². The van der Waals surface area contributed by atoms with Crippen LogP contribution in [0.4, 0.5) is 10.5 Å². The van der Waals surface area contributed by atoms with Gasteiger partial charge in [-0.05, 0) is 89.8 Å². The normalized spacial score (nSPS) is 23.8. The second-order valence-electron chi connectivity index (χ2n) is 18.8. The highest BCUT2D eigenvalue weighted by Crippen LogP contribution is 2.54. The number of nitrogens with one attached hydrogen (secondary N) is 1. The van der Waals surface area contributed by atoms with Gasteiger partial charge in [0.2, 0.25) is 0 Å². The first-order valence-corrected chi connectivity index (χ1v) is 22.4. The number of allylic oxidation sites excluding steroid dienone is 1. The van der Waals surface area contributed by atoms with Crippen LogP contribution < -0.4 is 10.2 Å². The third kappa shape index (κ3) is 7.59. The van der Waals surface area contributed by atoms with Crippen molar-refractivity contribution in [1.29, 1.82) is 0 Å². The smallest absolute Gasteiger partial charge is 0.408 e. The highest BCUT2D eigenvalue weighted by Gasteiger charge is 2.42. The largest absolute Gasteiger partial charge is 0.461 e. The number of ether oxygens (including phenoxy) is 3. The summed E-state index contributed by atoms with van der Waals surface area (Å²) in [7, 11) is 3.99. The molecule has 318 valence electrons. The van der Waals surface area contributed by atoms with Crippen molar-refractivity contribution < 1.29 is 23.8 Å². The number of methoxy groups -OCH3 is 1. The molecule has 1 N–H and O–H groups in total. The van der Waals surface area contributed by atoms with E-state index in [1.165, 1.54) is 27.7 Å². The average molecular weight is 835 g/mol. The van der Waals surface area contributed by atoms with E-state index in [-0.39, 0.29) is 18.8 Å². The minimum atomic E-state index is -0.676. The number of carbonyl (C=O) groups is 2. The van der Waals surface area contributed by atoms with Crippen molar-refractivity contribution in [2.75, 3.05) is 58.4 Å². The molecule has 1 saturated heterocycles. The second kappa shape index (κ2) is 15.6. The van der Waals surface area contributed by atoms with Crippen LogP contribution in [-0.4, -0.2) is 107 Å². The summed E-state index contributed by atoms with van der Waals surface area (Å²) in [5.41, 5.74) is 10.2. The molecule has 3 aromatic heterocycles. The lowest BCUT2D eigenvalue weighted by atomic mass is 9.83. The summed E-state index contributed by atoms with van der Waals surface area (Å²) in [5.74, 6) is -0.411. The summed E-state index contributed by atoms with van der Waals surface area (Å²) in [6, 6.07) is 6.57. The zero-order valence-electron chi connectivity index (χ0n) is 36.3. The molecule has 1 aromatic carbocycles. The summed E-state index contributed by atoms with van der Waals surface area (Å²) in [6.07, 6.45) is 7.42. The number of rotatable bonds is 3. The number of aromatic nitrogens is 3. The van der Waals surface area contributed by atoms with Gasteiger partial charge in [-0.1, -0.05) is 19.9 Å². The van der Waals surface area contributed by atoms with E-state index in [4.69, 9.17) is 29.3 Å². The monoisotopic (exact) mass is 834 g/mol. The quantitative estimate of drug-likeness (QED) is 0.206. The lowest BCUT2D eigenvalue weighted by Gasteiger charge is -2.39. The lowest BCUT2D eigenvalue weighted by molar-refractivity contribution is -0.138. The first-order valence-electron chi connectivity index (χ1n) is 21.5. The minimum absolute atomic E-state index is 0.0880. The molecule has 1 fully saturated rings. The Morgan fingerprint density at radius 3 is 2.65 bits per heavy atom. The molecule has 3 atom stereocenters. The molecule has 9 rings (SSSR count). The number of fused-ring (bicyclic) bond motifs is 8. The SMILES string of the molecule is C/C=C1\C(NC(=O)OC(C)(C)C)Cc2nc(cs2)-c2cc3c4c(c2)c(c2n4C(CC3)C(OC)c3ncc(N4CCN(C)CC4)cc3-2)CC(C)(C)COC(=O)C2=NN1CCC2. The molecule has 5 aliphatic heterocycles. The number of carbonyl (C=O) groups excluding carboxylic acids is 2. The van der Waals surface area contributed by atoms with Crippen molar-refractivity contribution in [3.63, 3.8) is 0 Å². The van der Waals surface area contributed by atoms with Crippen molar-refractivity contribution in [1.82, 2.24) is 29.8 Å². The maximum atomic E-state index is 13.9. The highest BCUT2D eigenvalue weighted by molar-refractivity contribution is 7.10. The molecule has 6 bridgehead atoms. The summed E-state index contributed by atoms with van der Waals surface area (Å²) in [5, 5.41) is 14.0. The Kier molecular flexibility index (Phi) is 10.6. The molecule has 4 aromatic rings. The molecule has 14 heteroatoms. The van der Waals surface area contributed by atoms with E-state index in [9.17, 15) is 9.59 Å². The Bertz CT molecular complexity index is 2400. The van der Waals surface area contributed by atoms with Crippen molar-refractivity contribution in [2.45, 2.75) is 104 Å². The van der Waals surface area contributed by atoms with E-state index in [1.54, 1.807) is 11.3 Å². The van der Waals surface area contributed by atoms with E-state index in [0.29, 0.717) is 37.9 Å². The molecule has 0 spiro atoms. The fourth-order valence-corrected chi connectivity index (χ4v) is 10.6. The van der Waals surface area contributed by atoms with Gasteiger partial charge in [0.05, 0.1) is 63.9 Å². The number of esters is 1. The number of piperazine rings is 1. The van der Waals surface area contributed by atoms with Gasteiger partial charge in [-0.3, -0.25) is 9.99 Å². The van der Waals surface area contributed by atoms with Gasteiger partial charge in [0.1, 0.15) is 17.4 Å². The number of aryl methyl sites for hydroxylation is 1. The Labute approximate surface area is 356 Å². The summed E-state index contributed by atoms with van der Waals surface area (Å²) in [4.78, 5) is 42.5. The number of hydrazone groups is 1. The van der Waals surface area contributed by atoms with Gasteiger partial charge < -0.3 is 33.9 Å². The maximum Gasteiger partial charge on any atom is 0.408 e. The van der Waals surface area contributed by atoms with Crippen LogP contribution in [0.5, 0.6) is 0 Å². The average Bonchev–Trinajstić information content (AvgIpc) is 3.81. The van der Waals surface area contributed by atoms with Crippen LogP contribution in [-0.2, 0) is 38.3 Å². The standard InChI is InChI=1S/C46H58N8O5S/c1-9-36-34(49-44(56)59-45(2,3)4)22-38-48-35(25-60-38)28-19-27-12-13-37-42(57-8)39-31(21-29(24-47-39)52-17-15-51(7)16-18-52)41-32(30(20-28)40(27)54(37)41)23-46(5,6)26-58-43(55)33-11-10-14-53(36)50-33/h9,19-21,24-25,34,37,42H,10-18,22-23,26H2,1-8H3,(H,49,56)/b36-9+. The summed E-state index contributed by atoms with van der Waals surface area (Å²) >= 11 is 1.59. The van der Waals surface area contributed by atoms with Gasteiger partial charge in [-0.2, -0.15) is 5.10 Å². The molecular formula is C46H58N8O5S. The molecule has 8 heterocycles. The lowest BCUT2D eigenvalue weighted by Crippen LogP contribution is -2.45. The fourth-order valence-electron chi connectivity index (χ4n) is 9.79. The van der Waals surface area contributed by atoms with Crippen LogP contribution in [0.25, 0.3) is 33.4 Å². The summed E-state index contributed by atoms with van der Waals surface area (Å²) < 4.78 is 20.9. The molecule has 3 unspecified atom stereocenters. The van der Waals surface area contributed by atoms with Gasteiger partial charge in [-0.15, -0.1) is 11.3 Å². The maximum absolute atomic E-state index is 13.9. The number of hydrogen-bond acceptors (Lipinski definition) is 12. The van der Waals surface area contributed by atoms with Crippen LogP contribution in [0.3, 0.4) is 0 Å². The number of nitrogens with zero attached hydrogens (tertiary/aromatic N) is 7. The predicted octanol–water partition coefficient (Wildman–Crippen LogP) is 7.68. The first kappa shape index (κ1) is 40.6. The fraction of sp³-hybridized carbons (Fsp3) is 0.543. The van der Waals surface area contributed by atoms with Gasteiger partial charge >= 0.3 is 12.1 Å². The number of amides is 1. The predicted molar refractivity (Wildman–Crippen MR) is 236 cm³/mol. The topological polar surface area (TPSA) is 127 Å². The van der Waals surface area contributed by atoms with Crippen LogP contribution >= 0.6 is 11.3 Å². The number of benzene rings is 1. The number of anilines is 1. The Morgan fingerprint density at radius 2 is 1.90 bits per heavy atom. The zero-order chi connectivity index (χ0) is 42.1. The number of hydrogen-bond donors (Lipinski definition) is 1. The molecule has 60 heavy (non-hydrogen) atoms. The Hall–Kier alpha value is -4.79. The van der Waals surface area contributed by atoms with E-state index in [2.05, 4.69) is 64.2 Å². The number of likely N-dealkylation sites (N-methyl/N-ethyl adjacent to an activating group) is 1. The molecule has 0 radical (unpaired) electrons. The third-order valence-corrected chi connectivity index (χ3v) is 13.5. The van der Waals surface area contributed by atoms with Crippen molar-refractivity contribution >= 4 is 45.7 Å². The van der Waals surface area contributed by atoms with Crippen LogP contribution in [0.2, 0.25) is 0 Å². The highest BCUT2D eigenvalue weighted by atomic mass is 32.1. The van der Waals surface area contributed by atoms with Crippen molar-refractivity contribution in [3.8, 4) is 22.5 Å². The molecule has 5 aliphatic rings. The van der Waals surface area contributed by atoms with E-state index >= 15 is 0 Å². The van der Waals surface area contributed by atoms with Crippen LogP contribution in [0.15, 0.2) is 46.7 Å². The van der Waals surface area contributed by atoms with Crippen molar-refractivity contribution in [3.05, 3.63) is 63.4 Å². The zero-order valence-corrected chi connectivity index (χ0v) is 37.1. The Morgan fingerprint density at radius 1 is 1.10 bits per heavy atom. The van der Waals surface area contributed by atoms with E-state index in [1.807, 2.05) is 52.1 Å². The molecule has 0 aliphatic carbocycles. The number of thiazole rings is 1. The second-order valence-corrected chi connectivity index (χ2v) is 19.8. The van der Waals surface area contributed by atoms with Gasteiger partial charge in [0.15, 0.2) is 0 Å². The molecular weight excluding hydrogens is 777 g/mol. The number of pyridine rings is 1. The van der Waals surface area contributed by atoms with Gasteiger partial charge in [-0.25, -0.2) is 14.6 Å². The first-order chi connectivity index (χ1) is 28.7. The molecule has 1 amide bonds. The Balaban J connectivity index is 1.21. The number of alkyl carbamates (subject to hydrolysis) is 1.